The molecule has 24 heavy (non-hydrogen) atoms. The highest BCUT2D eigenvalue weighted by molar-refractivity contribution is 5.88. The summed E-state index contributed by atoms with van der Waals surface area (Å²) in [4.78, 5) is 22.2. The third-order valence-corrected chi connectivity index (χ3v) is 2.91. The molecule has 0 aromatic heterocycles. The molecule has 0 saturated heterocycles. The molecule has 1 aromatic rings. The zero-order chi connectivity index (χ0) is 17.7. The number of hydrogen-bond donors (Lipinski definition) is 1. The molecule has 0 bridgehead atoms. The van der Waals surface area contributed by atoms with Crippen LogP contribution in [0, 0.1) is 10.1 Å². The second kappa shape index (κ2) is 7.40. The third kappa shape index (κ3) is 3.77. The lowest BCUT2D eigenvalue weighted by molar-refractivity contribution is -0.384. The first kappa shape index (κ1) is 17.2. The van der Waals surface area contributed by atoms with Gasteiger partial charge in [0.2, 0.25) is 5.70 Å². The number of nitro groups is 1. The maximum atomic E-state index is 11.7. The molecule has 0 amide bonds. The van der Waals surface area contributed by atoms with Gasteiger partial charge in [-0.3, -0.25) is 10.1 Å². The van der Waals surface area contributed by atoms with Gasteiger partial charge in [-0.15, -0.1) is 10.2 Å². The van der Waals surface area contributed by atoms with Gasteiger partial charge in [-0.2, -0.15) is 0 Å². The Morgan fingerprint density at radius 2 is 2.00 bits per heavy atom. The van der Waals surface area contributed by atoms with Gasteiger partial charge in [0.05, 0.1) is 17.6 Å². The van der Waals surface area contributed by atoms with Crippen LogP contribution in [0.25, 0.3) is 0 Å². The molecular weight excluding hydrogens is 322 g/mol. The van der Waals surface area contributed by atoms with Gasteiger partial charge in [-0.25, -0.2) is 4.79 Å². The lowest BCUT2D eigenvalue weighted by Crippen LogP contribution is -2.15. The minimum atomic E-state index is -0.888. The maximum absolute atomic E-state index is 11.7. The van der Waals surface area contributed by atoms with Crippen molar-refractivity contribution < 1.29 is 29.0 Å². The van der Waals surface area contributed by atoms with Crippen molar-refractivity contribution in [2.45, 2.75) is 13.8 Å². The monoisotopic (exact) mass is 337 g/mol. The van der Waals surface area contributed by atoms with Gasteiger partial charge in [0, 0.05) is 6.07 Å². The van der Waals surface area contributed by atoms with Crippen LogP contribution in [-0.4, -0.2) is 35.8 Å². The Hall–Kier alpha value is -3.17. The number of esters is 1. The Morgan fingerprint density at radius 3 is 2.54 bits per heavy atom. The summed E-state index contributed by atoms with van der Waals surface area (Å²) in [5.74, 6) is -0.798. The standard InChI is InChI=1S/C14H15N3O7/c1-3-22-14(19)13(8(2)18)16-15-9-6-11-12(24-5-4-23-11)7-10(9)17(20)21/h6-7,18H,3-5H2,1-2H3. The molecule has 1 aliphatic rings. The van der Waals surface area contributed by atoms with E-state index >= 15 is 0 Å². The number of nitro benzene ring substituents is 1. The fraction of sp³-hybridized carbons (Fsp3) is 0.357. The van der Waals surface area contributed by atoms with Gasteiger partial charge < -0.3 is 19.3 Å². The van der Waals surface area contributed by atoms with Crippen molar-refractivity contribution >= 4 is 17.3 Å². The smallest absolute Gasteiger partial charge is 0.362 e. The first-order valence-corrected chi connectivity index (χ1v) is 7.00. The molecule has 2 rings (SSSR count). The lowest BCUT2D eigenvalue weighted by Gasteiger charge is -2.18. The first-order chi connectivity index (χ1) is 11.4. The van der Waals surface area contributed by atoms with Crippen LogP contribution in [0.1, 0.15) is 13.8 Å². The van der Waals surface area contributed by atoms with E-state index in [1.165, 1.54) is 19.1 Å². The zero-order valence-electron chi connectivity index (χ0n) is 13.0. The van der Waals surface area contributed by atoms with E-state index in [1.807, 2.05) is 0 Å². The van der Waals surface area contributed by atoms with Crippen LogP contribution < -0.4 is 9.47 Å². The SMILES string of the molecule is CCOC(=O)C(N=Nc1cc2c(cc1[N+](=O)[O-])OCCO2)=C(C)O. The van der Waals surface area contributed by atoms with E-state index in [2.05, 4.69) is 10.2 Å². The highest BCUT2D eigenvalue weighted by Gasteiger charge is 2.23. The number of ether oxygens (including phenoxy) is 3. The molecule has 1 heterocycles. The number of aliphatic hydroxyl groups is 1. The fourth-order valence-corrected chi connectivity index (χ4v) is 1.86. The number of rotatable bonds is 5. The summed E-state index contributed by atoms with van der Waals surface area (Å²) in [5.41, 5.74) is -0.963. The number of carbonyl (C=O) groups excluding carboxylic acids is 1. The highest BCUT2D eigenvalue weighted by atomic mass is 16.6. The number of carbonyl (C=O) groups is 1. The van der Waals surface area contributed by atoms with Crippen LogP contribution in [0.3, 0.4) is 0 Å². The minimum Gasteiger partial charge on any atom is -0.510 e. The minimum absolute atomic E-state index is 0.0787. The number of fused-ring (bicyclic) bond motifs is 1. The molecule has 0 fully saturated rings. The zero-order valence-corrected chi connectivity index (χ0v) is 13.0. The van der Waals surface area contributed by atoms with Crippen molar-refractivity contribution in [1.29, 1.82) is 0 Å². The predicted octanol–water partition coefficient (Wildman–Crippen LogP) is 2.80. The number of benzene rings is 1. The summed E-state index contributed by atoms with van der Waals surface area (Å²) >= 11 is 0. The molecule has 1 aliphatic heterocycles. The normalized spacial score (nSPS) is 14.2. The Morgan fingerprint density at radius 1 is 1.38 bits per heavy atom. The Bertz CT molecular complexity index is 723. The largest absolute Gasteiger partial charge is 0.510 e. The van der Waals surface area contributed by atoms with Gasteiger partial charge >= 0.3 is 11.7 Å². The first-order valence-electron chi connectivity index (χ1n) is 7.00. The molecule has 0 aliphatic carbocycles. The van der Waals surface area contributed by atoms with E-state index < -0.39 is 22.3 Å². The van der Waals surface area contributed by atoms with Crippen LogP contribution in [0.4, 0.5) is 11.4 Å². The molecule has 0 radical (unpaired) electrons. The molecule has 0 atom stereocenters. The molecule has 10 nitrogen and oxygen atoms in total. The van der Waals surface area contributed by atoms with Gasteiger partial charge in [0.25, 0.3) is 0 Å². The molecule has 128 valence electrons. The fourth-order valence-electron chi connectivity index (χ4n) is 1.86. The Kier molecular flexibility index (Phi) is 5.30. The molecule has 10 heteroatoms. The van der Waals surface area contributed by atoms with Gasteiger partial charge in [0.1, 0.15) is 19.0 Å². The van der Waals surface area contributed by atoms with E-state index in [9.17, 15) is 20.0 Å². The van der Waals surface area contributed by atoms with Crippen LogP contribution in [-0.2, 0) is 9.53 Å². The number of aliphatic hydroxyl groups excluding tert-OH is 1. The van der Waals surface area contributed by atoms with Crippen LogP contribution in [0.5, 0.6) is 11.5 Å². The average Bonchev–Trinajstić information content (AvgIpc) is 2.54. The van der Waals surface area contributed by atoms with E-state index in [0.29, 0.717) is 6.61 Å². The molecule has 1 N–H and O–H groups in total. The van der Waals surface area contributed by atoms with Crippen molar-refractivity contribution in [3.05, 3.63) is 33.7 Å². The van der Waals surface area contributed by atoms with E-state index in [1.54, 1.807) is 6.92 Å². The topological polar surface area (TPSA) is 133 Å². The van der Waals surface area contributed by atoms with E-state index in [-0.39, 0.29) is 36.1 Å². The summed E-state index contributed by atoms with van der Waals surface area (Å²) in [6, 6.07) is 2.45. The number of nitrogens with zero attached hydrogens (tertiary/aromatic N) is 3. The average molecular weight is 337 g/mol. The molecule has 0 spiro atoms. The maximum Gasteiger partial charge on any atom is 0.362 e. The second-order valence-electron chi connectivity index (χ2n) is 4.60. The van der Waals surface area contributed by atoms with Gasteiger partial charge in [0.15, 0.2) is 17.2 Å². The van der Waals surface area contributed by atoms with Gasteiger partial charge in [-0.05, 0) is 13.8 Å². The van der Waals surface area contributed by atoms with Crippen LogP contribution >= 0.6 is 0 Å². The Balaban J connectivity index is 2.42. The summed E-state index contributed by atoms with van der Waals surface area (Å²) in [6.07, 6.45) is 0. The summed E-state index contributed by atoms with van der Waals surface area (Å²) < 4.78 is 15.3. The van der Waals surface area contributed by atoms with Crippen molar-refractivity contribution in [3.8, 4) is 11.5 Å². The van der Waals surface area contributed by atoms with E-state index in [4.69, 9.17) is 14.2 Å². The lowest BCUT2D eigenvalue weighted by atomic mass is 10.2. The van der Waals surface area contributed by atoms with Crippen LogP contribution in [0.2, 0.25) is 0 Å². The summed E-state index contributed by atoms with van der Waals surface area (Å²) in [6.45, 7) is 3.47. The van der Waals surface area contributed by atoms with Crippen molar-refractivity contribution in [2.75, 3.05) is 19.8 Å². The predicted molar refractivity (Wildman–Crippen MR) is 80.6 cm³/mol. The van der Waals surface area contributed by atoms with E-state index in [0.717, 1.165) is 0 Å². The van der Waals surface area contributed by atoms with Crippen molar-refractivity contribution in [1.82, 2.24) is 0 Å². The van der Waals surface area contributed by atoms with Gasteiger partial charge in [-0.1, -0.05) is 0 Å². The number of allylic oxidation sites excluding steroid dienone is 1. The summed E-state index contributed by atoms with van der Waals surface area (Å²) in [5, 5.41) is 28.0. The molecular formula is C14H15N3O7. The second-order valence-corrected chi connectivity index (χ2v) is 4.60. The summed E-state index contributed by atoms with van der Waals surface area (Å²) in [7, 11) is 0. The number of hydrogen-bond acceptors (Lipinski definition) is 9. The third-order valence-electron chi connectivity index (χ3n) is 2.91. The van der Waals surface area contributed by atoms with Crippen LogP contribution in [0.15, 0.2) is 33.8 Å². The molecule has 1 aromatic carbocycles. The Labute approximate surface area is 136 Å². The van der Waals surface area contributed by atoms with Crippen molar-refractivity contribution in [2.24, 2.45) is 10.2 Å². The molecule has 0 saturated carbocycles. The molecule has 0 unspecified atom stereocenters. The number of azo groups is 1. The quantitative estimate of drug-likeness (QED) is 0.218. The highest BCUT2D eigenvalue weighted by Crippen LogP contribution is 2.41. The van der Waals surface area contributed by atoms with Crippen molar-refractivity contribution in [3.63, 3.8) is 0 Å².